The quantitative estimate of drug-likeness (QED) is 0.760. The molecule has 1 aromatic carbocycles. The van der Waals surface area contributed by atoms with Crippen molar-refractivity contribution in [2.45, 2.75) is 6.42 Å². The van der Waals surface area contributed by atoms with E-state index in [1.807, 2.05) is 36.4 Å². The first-order chi connectivity index (χ1) is 10.8. The number of nitrogens with zero attached hydrogens (tertiary/aromatic N) is 1. The molecule has 0 atom stereocenters. The van der Waals surface area contributed by atoms with Gasteiger partial charge in [-0.1, -0.05) is 12.1 Å². The van der Waals surface area contributed by atoms with Gasteiger partial charge in [-0.05, 0) is 42.3 Å². The van der Waals surface area contributed by atoms with Gasteiger partial charge in [-0.3, -0.25) is 9.78 Å². The molecular weight excluding hydrogens is 278 g/mol. The zero-order valence-corrected chi connectivity index (χ0v) is 12.3. The third-order valence-electron chi connectivity index (χ3n) is 3.49. The Balaban J connectivity index is 1.57. The summed E-state index contributed by atoms with van der Waals surface area (Å²) in [5.74, 6) is 0.713. The molecule has 5 nitrogen and oxygen atoms in total. The van der Waals surface area contributed by atoms with E-state index in [4.69, 9.17) is 4.74 Å². The SMILES string of the molecule is COc1ccc(CCNC(=O)c2cc3ncccc3[nH]2)cc1. The van der Waals surface area contributed by atoms with Crippen LogP contribution < -0.4 is 10.1 Å². The number of aromatic amines is 1. The Hall–Kier alpha value is -2.82. The molecule has 2 aromatic heterocycles. The Morgan fingerprint density at radius 1 is 1.27 bits per heavy atom. The largest absolute Gasteiger partial charge is 0.497 e. The average Bonchev–Trinajstić information content (AvgIpc) is 2.99. The molecule has 0 aliphatic heterocycles. The highest BCUT2D eigenvalue weighted by Gasteiger charge is 2.09. The van der Waals surface area contributed by atoms with Crippen LogP contribution in [0.4, 0.5) is 0 Å². The molecule has 0 aliphatic rings. The molecule has 0 saturated heterocycles. The van der Waals surface area contributed by atoms with Gasteiger partial charge in [0.2, 0.25) is 0 Å². The summed E-state index contributed by atoms with van der Waals surface area (Å²) in [4.78, 5) is 19.4. The van der Waals surface area contributed by atoms with Crippen LogP contribution in [0.5, 0.6) is 5.75 Å². The lowest BCUT2D eigenvalue weighted by atomic mass is 10.1. The molecule has 3 rings (SSSR count). The van der Waals surface area contributed by atoms with Gasteiger partial charge in [-0.15, -0.1) is 0 Å². The molecule has 0 fully saturated rings. The second-order valence-electron chi connectivity index (χ2n) is 4.97. The van der Waals surface area contributed by atoms with E-state index in [9.17, 15) is 4.79 Å². The van der Waals surface area contributed by atoms with Gasteiger partial charge in [0.25, 0.3) is 5.91 Å². The van der Waals surface area contributed by atoms with Crippen molar-refractivity contribution in [1.82, 2.24) is 15.3 Å². The third-order valence-corrected chi connectivity index (χ3v) is 3.49. The maximum absolute atomic E-state index is 12.1. The molecule has 0 aliphatic carbocycles. The fraction of sp³-hybridized carbons (Fsp3) is 0.176. The van der Waals surface area contributed by atoms with Gasteiger partial charge in [-0.2, -0.15) is 0 Å². The number of hydrogen-bond donors (Lipinski definition) is 2. The number of fused-ring (bicyclic) bond motifs is 1. The smallest absolute Gasteiger partial charge is 0.267 e. The van der Waals surface area contributed by atoms with Gasteiger partial charge in [0.05, 0.1) is 18.1 Å². The molecule has 0 unspecified atom stereocenters. The van der Waals surface area contributed by atoms with Crippen LogP contribution in [0, 0.1) is 0 Å². The molecule has 0 radical (unpaired) electrons. The Bertz CT molecular complexity index is 745. The number of carbonyl (C=O) groups is 1. The molecule has 22 heavy (non-hydrogen) atoms. The zero-order valence-electron chi connectivity index (χ0n) is 12.3. The summed E-state index contributed by atoms with van der Waals surface area (Å²) in [5.41, 5.74) is 3.34. The fourth-order valence-electron chi connectivity index (χ4n) is 2.29. The van der Waals surface area contributed by atoms with Gasteiger partial charge in [0.15, 0.2) is 0 Å². The molecule has 3 aromatic rings. The van der Waals surface area contributed by atoms with E-state index < -0.39 is 0 Å². The predicted molar refractivity (Wildman–Crippen MR) is 85.1 cm³/mol. The molecule has 0 bridgehead atoms. The van der Waals surface area contributed by atoms with Crippen LogP contribution in [0.15, 0.2) is 48.7 Å². The summed E-state index contributed by atoms with van der Waals surface area (Å²) >= 11 is 0. The summed E-state index contributed by atoms with van der Waals surface area (Å²) in [7, 11) is 1.64. The second kappa shape index (κ2) is 6.30. The number of carbonyl (C=O) groups excluding carboxylic acids is 1. The Kier molecular flexibility index (Phi) is 4.05. The fourth-order valence-corrected chi connectivity index (χ4v) is 2.29. The highest BCUT2D eigenvalue weighted by Crippen LogP contribution is 2.13. The van der Waals surface area contributed by atoms with Crippen molar-refractivity contribution in [3.05, 3.63) is 59.9 Å². The molecule has 1 amide bonds. The molecule has 5 heteroatoms. The van der Waals surface area contributed by atoms with Crippen molar-refractivity contribution in [2.75, 3.05) is 13.7 Å². The van der Waals surface area contributed by atoms with E-state index in [1.54, 1.807) is 19.4 Å². The number of nitrogens with one attached hydrogen (secondary N) is 2. The van der Waals surface area contributed by atoms with Crippen molar-refractivity contribution in [3.8, 4) is 5.75 Å². The van der Waals surface area contributed by atoms with Crippen LogP contribution in [-0.4, -0.2) is 29.5 Å². The first-order valence-electron chi connectivity index (χ1n) is 7.11. The Morgan fingerprint density at radius 3 is 2.82 bits per heavy atom. The van der Waals surface area contributed by atoms with Gasteiger partial charge in [-0.25, -0.2) is 0 Å². The molecular formula is C17H17N3O2. The van der Waals surface area contributed by atoms with E-state index in [1.165, 1.54) is 0 Å². The lowest BCUT2D eigenvalue weighted by Crippen LogP contribution is -2.25. The minimum absolute atomic E-state index is 0.119. The van der Waals surface area contributed by atoms with E-state index in [2.05, 4.69) is 15.3 Å². The number of hydrogen-bond acceptors (Lipinski definition) is 3. The molecule has 2 heterocycles. The number of methoxy groups -OCH3 is 1. The van der Waals surface area contributed by atoms with Crippen molar-refractivity contribution in [2.24, 2.45) is 0 Å². The summed E-state index contributed by atoms with van der Waals surface area (Å²) in [6.45, 7) is 0.577. The Labute approximate surface area is 128 Å². The first kappa shape index (κ1) is 14.1. The summed E-state index contributed by atoms with van der Waals surface area (Å²) in [6.07, 6.45) is 2.48. The average molecular weight is 295 g/mol. The van der Waals surface area contributed by atoms with Crippen LogP contribution in [-0.2, 0) is 6.42 Å². The van der Waals surface area contributed by atoms with Gasteiger partial charge < -0.3 is 15.0 Å². The first-order valence-corrected chi connectivity index (χ1v) is 7.11. The topological polar surface area (TPSA) is 67.0 Å². The number of benzene rings is 1. The number of ether oxygens (including phenoxy) is 1. The maximum atomic E-state index is 12.1. The second-order valence-corrected chi connectivity index (χ2v) is 4.97. The van der Waals surface area contributed by atoms with Gasteiger partial charge in [0, 0.05) is 12.7 Å². The number of amides is 1. The van der Waals surface area contributed by atoms with Gasteiger partial charge in [0.1, 0.15) is 11.4 Å². The minimum atomic E-state index is -0.119. The summed E-state index contributed by atoms with van der Waals surface area (Å²) in [6, 6.07) is 13.3. The normalized spacial score (nSPS) is 10.6. The van der Waals surface area contributed by atoms with Crippen molar-refractivity contribution in [1.29, 1.82) is 0 Å². The van der Waals surface area contributed by atoms with Crippen LogP contribution in [0.25, 0.3) is 11.0 Å². The van der Waals surface area contributed by atoms with Crippen LogP contribution in [0.1, 0.15) is 16.1 Å². The lowest BCUT2D eigenvalue weighted by molar-refractivity contribution is 0.0950. The van der Waals surface area contributed by atoms with E-state index in [0.29, 0.717) is 12.2 Å². The summed E-state index contributed by atoms with van der Waals surface area (Å²) < 4.78 is 5.12. The van der Waals surface area contributed by atoms with Crippen LogP contribution >= 0.6 is 0 Å². The monoisotopic (exact) mass is 295 g/mol. The van der Waals surface area contributed by atoms with E-state index >= 15 is 0 Å². The molecule has 0 spiro atoms. The third kappa shape index (κ3) is 3.09. The molecule has 112 valence electrons. The van der Waals surface area contributed by atoms with Crippen molar-refractivity contribution < 1.29 is 9.53 Å². The van der Waals surface area contributed by atoms with E-state index in [-0.39, 0.29) is 5.91 Å². The predicted octanol–water partition coefficient (Wildman–Crippen LogP) is 2.54. The zero-order chi connectivity index (χ0) is 15.4. The number of H-pyrrole nitrogens is 1. The number of pyridine rings is 1. The Morgan fingerprint density at radius 2 is 2.09 bits per heavy atom. The lowest BCUT2D eigenvalue weighted by Gasteiger charge is -2.05. The highest BCUT2D eigenvalue weighted by molar-refractivity contribution is 5.97. The number of rotatable bonds is 5. The highest BCUT2D eigenvalue weighted by atomic mass is 16.5. The number of aromatic nitrogens is 2. The minimum Gasteiger partial charge on any atom is -0.497 e. The van der Waals surface area contributed by atoms with Crippen LogP contribution in [0.2, 0.25) is 0 Å². The standard InChI is InChI=1S/C17H17N3O2/c1-22-13-6-4-12(5-7-13)8-10-19-17(21)16-11-15-14(20-16)3-2-9-18-15/h2-7,9,11,20H,8,10H2,1H3,(H,19,21). The maximum Gasteiger partial charge on any atom is 0.267 e. The van der Waals surface area contributed by atoms with Crippen molar-refractivity contribution in [3.63, 3.8) is 0 Å². The van der Waals surface area contributed by atoms with Crippen LogP contribution in [0.3, 0.4) is 0 Å². The molecule has 2 N–H and O–H groups in total. The van der Waals surface area contributed by atoms with Gasteiger partial charge >= 0.3 is 0 Å². The van der Waals surface area contributed by atoms with E-state index in [0.717, 1.165) is 28.8 Å². The molecule has 0 saturated carbocycles. The van der Waals surface area contributed by atoms with Crippen molar-refractivity contribution >= 4 is 16.9 Å². The summed E-state index contributed by atoms with van der Waals surface area (Å²) in [5, 5.41) is 2.91.